The second kappa shape index (κ2) is 72.9. The first-order valence-electron chi connectivity index (χ1n) is 29.6. The summed E-state index contributed by atoms with van der Waals surface area (Å²) in [7, 11) is 0. The minimum absolute atomic E-state index is 0.0857. The summed E-state index contributed by atoms with van der Waals surface area (Å²) in [5, 5.41) is 59.7. The molecule has 0 saturated heterocycles. The van der Waals surface area contributed by atoms with Gasteiger partial charge in [0.05, 0.1) is 140 Å². The molecule has 0 aromatic carbocycles. The molecule has 0 aromatic heterocycles. The van der Waals surface area contributed by atoms with Crippen molar-refractivity contribution in [2.24, 2.45) is 34.4 Å². The van der Waals surface area contributed by atoms with Crippen molar-refractivity contribution in [3.63, 3.8) is 0 Å². The van der Waals surface area contributed by atoms with Crippen LogP contribution in [0.2, 0.25) is 0 Å². The summed E-state index contributed by atoms with van der Waals surface area (Å²) < 4.78 is 49.9. The normalized spacial score (nSPS) is 10.5. The smallest absolute Gasteiger partial charge is 0.244 e. The molecular weight excluding hydrogens is 1240 g/mol. The van der Waals surface area contributed by atoms with Crippen LogP contribution in [0.3, 0.4) is 0 Å². The number of ether oxygens (including phenoxy) is 9. The van der Waals surface area contributed by atoms with Crippen LogP contribution in [-0.4, -0.2) is 251 Å². The molecule has 0 spiro atoms. The Morgan fingerprint density at radius 1 is 0.462 bits per heavy atom. The fourth-order valence-electron chi connectivity index (χ4n) is 5.68. The van der Waals surface area contributed by atoms with E-state index in [1.54, 1.807) is 6.07 Å². The van der Waals surface area contributed by atoms with Crippen molar-refractivity contribution in [1.82, 2.24) is 21.3 Å². The molecule has 0 bridgehead atoms. The third-order valence-electron chi connectivity index (χ3n) is 10.6. The number of rotatable bonds is 54. The van der Waals surface area contributed by atoms with Crippen LogP contribution >= 0.6 is 11.6 Å². The van der Waals surface area contributed by atoms with Gasteiger partial charge < -0.3 is 118 Å². The van der Waals surface area contributed by atoms with Crippen LogP contribution in [0, 0.1) is 40.6 Å². The van der Waals surface area contributed by atoms with Gasteiger partial charge in [-0.05, 0) is 100 Å². The zero-order valence-corrected chi connectivity index (χ0v) is 55.1. The summed E-state index contributed by atoms with van der Waals surface area (Å²) in [5.74, 6) is -1.21. The lowest BCUT2D eigenvalue weighted by atomic mass is 10.0. The maximum absolute atomic E-state index is 12.2. The molecule has 0 unspecified atom stereocenters. The summed E-state index contributed by atoms with van der Waals surface area (Å²) in [6.07, 6.45) is 11.7. The lowest BCUT2D eigenvalue weighted by Crippen LogP contribution is -2.58. The number of nitriles is 3. The first-order valence-corrected chi connectivity index (χ1v) is 30.0. The highest BCUT2D eigenvalue weighted by Gasteiger charge is 2.33. The van der Waals surface area contributed by atoms with Crippen molar-refractivity contribution in [2.75, 3.05) is 185 Å². The summed E-state index contributed by atoms with van der Waals surface area (Å²) >= 11 is 4.71. The Bertz CT molecular complexity index is 1950. The van der Waals surface area contributed by atoms with Crippen LogP contribution in [0.25, 0.3) is 4.85 Å². The highest BCUT2D eigenvalue weighted by atomic mass is 35.5. The molecule has 0 saturated carbocycles. The van der Waals surface area contributed by atoms with Crippen LogP contribution in [0.1, 0.15) is 51.4 Å². The van der Waals surface area contributed by atoms with E-state index in [9.17, 15) is 24.0 Å². The summed E-state index contributed by atoms with van der Waals surface area (Å²) in [6, 6.07) is 5.65. The summed E-state index contributed by atoms with van der Waals surface area (Å²) in [5.41, 5.74) is 30.1. The number of carbonyl (C=O) groups is 5. The first-order chi connectivity index (χ1) is 44.5. The molecule has 4 amide bonds. The van der Waals surface area contributed by atoms with E-state index < -0.39 is 53.1 Å². The molecule has 0 heterocycles. The van der Waals surface area contributed by atoms with Gasteiger partial charge >= 0.3 is 0 Å². The Kier molecular flexibility index (Phi) is 76.5. The molecule has 532 valence electrons. The largest absolute Gasteiger partial charge is 0.394 e. The van der Waals surface area contributed by atoms with E-state index in [-0.39, 0.29) is 63.9 Å². The zero-order chi connectivity index (χ0) is 71.6. The number of nitrogens with one attached hydrogen (secondary N) is 4. The van der Waals surface area contributed by atoms with Crippen LogP contribution < -0.4 is 55.7 Å². The fraction of sp³-hybridized carbons (Fsp3) is 0.656. The van der Waals surface area contributed by atoms with Gasteiger partial charge in [0, 0.05) is 65.4 Å². The lowest BCUT2D eigenvalue weighted by Gasteiger charge is -2.34. The molecule has 0 aliphatic rings. The number of carbonyl (C=O) groups excluding carboxylic acids is 5. The van der Waals surface area contributed by atoms with Gasteiger partial charge in [0.15, 0.2) is 0 Å². The summed E-state index contributed by atoms with van der Waals surface area (Å²) in [4.78, 5) is 58.5. The highest BCUT2D eigenvalue weighted by molar-refractivity contribution is 6.66. The van der Waals surface area contributed by atoms with Crippen molar-refractivity contribution >= 4 is 40.5 Å². The van der Waals surface area contributed by atoms with Gasteiger partial charge in [0.2, 0.25) is 35.4 Å². The third kappa shape index (κ3) is 72.8. The molecule has 0 aliphatic heterocycles. The van der Waals surface area contributed by atoms with Gasteiger partial charge in [-0.2, -0.15) is 15.8 Å². The van der Waals surface area contributed by atoms with Crippen LogP contribution in [-0.2, 0) is 66.6 Å². The molecule has 32 heteroatoms. The number of hydrogen-bond acceptors (Lipinski definition) is 26. The van der Waals surface area contributed by atoms with Crippen LogP contribution in [0.15, 0.2) is 75.9 Å². The Balaban J connectivity index is -0.000000282. The van der Waals surface area contributed by atoms with E-state index >= 15 is 0 Å². The topological polar surface area (TPSA) is 509 Å². The number of amides is 4. The summed E-state index contributed by atoms with van der Waals surface area (Å²) in [6.45, 7) is 34.3. The predicted octanol–water partition coefficient (Wildman–Crippen LogP) is -1.29. The molecule has 0 aromatic rings. The molecule has 0 atom stereocenters. The molecule has 0 fully saturated rings. The average Bonchev–Trinajstić information content (AvgIpc) is 2.65. The van der Waals surface area contributed by atoms with Crippen molar-refractivity contribution < 1.29 is 81.9 Å². The van der Waals surface area contributed by atoms with E-state index in [0.29, 0.717) is 151 Å². The molecule has 93 heavy (non-hydrogen) atoms. The maximum Gasteiger partial charge on any atom is 0.244 e. The van der Waals surface area contributed by atoms with Crippen molar-refractivity contribution in [2.45, 2.75) is 73.5 Å². The van der Waals surface area contributed by atoms with Gasteiger partial charge in [-0.25, -0.2) is 6.57 Å². The van der Waals surface area contributed by atoms with Crippen molar-refractivity contribution in [1.29, 1.82) is 15.8 Å². The number of nitrogens with two attached hydrogens (primary N) is 6. The number of aliphatic hydroxyl groups is 3. The number of aliphatic hydroxyl groups excluding tert-OH is 3. The lowest BCUT2D eigenvalue weighted by molar-refractivity contribution is -0.123. The Morgan fingerprint density at radius 3 is 0.957 bits per heavy atom. The zero-order valence-electron chi connectivity index (χ0n) is 54.4. The molecule has 0 aliphatic carbocycles. The number of nitrogens with zero attached hydrogens (tertiary/aromatic N) is 4. The third-order valence-corrected chi connectivity index (χ3v) is 10.8. The van der Waals surface area contributed by atoms with E-state index in [1.807, 2.05) is 12.1 Å². The molecule has 0 radical (unpaired) electrons. The van der Waals surface area contributed by atoms with Crippen LogP contribution in [0.4, 0.5) is 0 Å². The molecule has 19 N–H and O–H groups in total. The second-order valence-electron chi connectivity index (χ2n) is 19.5. The average molecular weight is 1350 g/mol. The van der Waals surface area contributed by atoms with Crippen LogP contribution in [0.5, 0.6) is 0 Å². The quantitative estimate of drug-likeness (QED) is 0.0111. The monoisotopic (exact) mass is 1340 g/mol. The number of hydrogen-bond donors (Lipinski definition) is 13. The molecule has 31 nitrogen and oxygen atoms in total. The predicted molar refractivity (Wildman–Crippen MR) is 354 cm³/mol. The number of allylic oxidation sites excluding steroid dienone is 2. The van der Waals surface area contributed by atoms with Gasteiger partial charge in [-0.1, -0.05) is 39.5 Å². The van der Waals surface area contributed by atoms with E-state index in [1.165, 1.54) is 24.3 Å². The Morgan fingerprint density at radius 2 is 0.731 bits per heavy atom. The first kappa shape index (κ1) is 97.6. The number of halogens is 1. The second-order valence-corrected chi connectivity index (χ2v) is 19.9. The van der Waals surface area contributed by atoms with E-state index in [0.717, 1.165) is 31.4 Å². The van der Waals surface area contributed by atoms with E-state index in [4.69, 9.17) is 126 Å². The van der Waals surface area contributed by atoms with Gasteiger partial charge in [0.1, 0.15) is 12.1 Å². The Hall–Kier alpha value is -6.48. The van der Waals surface area contributed by atoms with Gasteiger partial charge in [-0.3, -0.25) is 24.0 Å². The SMILES string of the molecule is C=CC#N.C=CC(=O)Cl.C=CC(=O)NCCCOCC(COCCCNC(=O)C=C)(COCCCNC(=O)C=C)NC(=O)C=C.NC(CO)(CO)CO.NCCCOCC(N)(COCCCN)COCCCN.[C-]#[N+]CCOCC(N)(COCCC#N)COCCC#N. The highest BCUT2D eigenvalue weighted by Crippen LogP contribution is 2.11. The fourth-order valence-corrected chi connectivity index (χ4v) is 5.68. The van der Waals surface area contributed by atoms with Crippen molar-refractivity contribution in [3.8, 4) is 18.2 Å². The minimum atomic E-state index is -1.21. The molecule has 0 rings (SSSR count). The van der Waals surface area contributed by atoms with E-state index in [2.05, 4.69) is 65.6 Å². The van der Waals surface area contributed by atoms with Gasteiger partial charge in [0.25, 0.3) is 0 Å². The minimum Gasteiger partial charge on any atom is -0.394 e. The standard InChI is InChI=1S/C25H40N4O7.C13H20N4O3.C13H32N4O3.C4H11NO3.C3H3ClO.C3H3N/c1-5-21(30)26-12-9-15-34-18-25(29-24(33)8-4,19-35-16-10-13-27-22(31)6-2)20-36-17-11-14-28-23(32)7-3;1-17-6-9-20-12-13(16,10-18-7-2-4-14)11-19-8-3-5-15;14-4-1-7-18-10-13(17,11-19-8-2-5-15)12-20-9-3-6-16;5-4(1-6,2-7)3-8;1-2-3(4)5;1-2-3-4/h5-8H,1-4,9-20H2,(H,26,30)(H,27,31)(H,28,32)(H,29,33);2-3,6-12,16H2;1-12,14-17H2;6-8H,1-3,5H2;2H,1H2;2H,1H2. The van der Waals surface area contributed by atoms with Crippen molar-refractivity contribution in [3.05, 3.63) is 87.3 Å². The molecular formula is C61H109ClN14O17. The maximum atomic E-state index is 12.2. The van der Waals surface area contributed by atoms with Gasteiger partial charge in [-0.15, -0.1) is 0 Å². The Labute approximate surface area is 555 Å².